The first-order valence-corrected chi connectivity index (χ1v) is 6.40. The van der Waals surface area contributed by atoms with E-state index in [0.29, 0.717) is 6.54 Å². The van der Waals surface area contributed by atoms with E-state index in [-0.39, 0.29) is 10.0 Å². The summed E-state index contributed by atoms with van der Waals surface area (Å²) in [4.78, 5) is 17.2. The highest BCUT2D eigenvalue weighted by Gasteiger charge is 2.10. The van der Waals surface area contributed by atoms with Gasteiger partial charge in [0.15, 0.2) is 0 Å². The van der Waals surface area contributed by atoms with Crippen molar-refractivity contribution in [1.29, 1.82) is 0 Å². The fourth-order valence-corrected chi connectivity index (χ4v) is 2.48. The second kappa shape index (κ2) is 4.76. The van der Waals surface area contributed by atoms with Crippen LogP contribution in [0.3, 0.4) is 0 Å². The molecular weight excluding hydrogens is 281 g/mol. The van der Waals surface area contributed by atoms with E-state index in [9.17, 15) is 4.79 Å². The lowest BCUT2D eigenvalue weighted by Gasteiger charge is -2.02. The van der Waals surface area contributed by atoms with Gasteiger partial charge in [-0.05, 0) is 13.8 Å². The molecule has 0 aliphatic carbocycles. The summed E-state index contributed by atoms with van der Waals surface area (Å²) in [5.41, 5.74) is 0.572. The minimum Gasteiger partial charge on any atom is -0.266 e. The highest BCUT2D eigenvalue weighted by Crippen LogP contribution is 2.18. The van der Waals surface area contributed by atoms with Crippen molar-refractivity contribution in [3.05, 3.63) is 42.2 Å². The summed E-state index contributed by atoms with van der Waals surface area (Å²) in [7, 11) is 0. The van der Waals surface area contributed by atoms with E-state index in [1.807, 2.05) is 13.8 Å². The average Bonchev–Trinajstić information content (AvgIpc) is 2.59. The van der Waals surface area contributed by atoms with Crippen molar-refractivity contribution in [2.24, 2.45) is 0 Å². The lowest BCUT2D eigenvalue weighted by molar-refractivity contribution is 0.636. The van der Waals surface area contributed by atoms with E-state index in [0.717, 1.165) is 15.6 Å². The quantitative estimate of drug-likeness (QED) is 0.854. The second-order valence-corrected chi connectivity index (χ2v) is 5.59. The van der Waals surface area contributed by atoms with E-state index in [4.69, 9.17) is 23.2 Å². The Morgan fingerprint density at radius 1 is 1.41 bits per heavy atom. The van der Waals surface area contributed by atoms with E-state index in [2.05, 4.69) is 10.1 Å². The molecule has 17 heavy (non-hydrogen) atoms. The van der Waals surface area contributed by atoms with Crippen LogP contribution < -0.4 is 5.56 Å². The van der Waals surface area contributed by atoms with Gasteiger partial charge in [0, 0.05) is 4.88 Å². The number of aryl methyl sites for hydroxylation is 2. The molecular formula is C10H9Cl2N3OS. The molecule has 2 heterocycles. The Hall–Kier alpha value is -0.910. The Bertz CT molecular complexity index is 601. The first kappa shape index (κ1) is 12.5. The van der Waals surface area contributed by atoms with Gasteiger partial charge in [0.05, 0.1) is 23.5 Å². The zero-order chi connectivity index (χ0) is 12.6. The Labute approximate surface area is 112 Å². The molecule has 0 spiro atoms. The third-order valence-electron chi connectivity index (χ3n) is 2.30. The van der Waals surface area contributed by atoms with Gasteiger partial charge >= 0.3 is 0 Å². The first-order chi connectivity index (χ1) is 7.99. The molecule has 0 amide bonds. The van der Waals surface area contributed by atoms with Crippen LogP contribution in [0.1, 0.15) is 15.6 Å². The Kier molecular flexibility index (Phi) is 3.51. The molecule has 0 aromatic carbocycles. The van der Waals surface area contributed by atoms with Gasteiger partial charge in [-0.3, -0.25) is 4.79 Å². The molecule has 0 aliphatic rings. The van der Waals surface area contributed by atoms with Gasteiger partial charge in [-0.15, -0.1) is 11.3 Å². The maximum atomic E-state index is 11.7. The Morgan fingerprint density at radius 2 is 2.12 bits per heavy atom. The summed E-state index contributed by atoms with van der Waals surface area (Å²) in [6.07, 6.45) is 1.36. The van der Waals surface area contributed by atoms with Gasteiger partial charge in [-0.2, -0.15) is 5.10 Å². The third kappa shape index (κ3) is 2.51. The molecule has 0 radical (unpaired) electrons. The molecule has 2 aromatic heterocycles. The zero-order valence-corrected chi connectivity index (χ0v) is 11.5. The minimum atomic E-state index is -0.398. The van der Waals surface area contributed by atoms with Crippen molar-refractivity contribution in [3.63, 3.8) is 0 Å². The second-order valence-electron chi connectivity index (χ2n) is 3.52. The first-order valence-electron chi connectivity index (χ1n) is 4.83. The van der Waals surface area contributed by atoms with Gasteiger partial charge < -0.3 is 0 Å². The van der Waals surface area contributed by atoms with Crippen LogP contribution in [-0.2, 0) is 6.54 Å². The van der Waals surface area contributed by atoms with Gasteiger partial charge in [0.1, 0.15) is 10.0 Å². The summed E-state index contributed by atoms with van der Waals surface area (Å²) in [6, 6.07) is 0. The summed E-state index contributed by atoms with van der Waals surface area (Å²) in [5.74, 6) is 0. The van der Waals surface area contributed by atoms with E-state index >= 15 is 0 Å². The monoisotopic (exact) mass is 289 g/mol. The molecule has 0 bridgehead atoms. The predicted molar refractivity (Wildman–Crippen MR) is 69.2 cm³/mol. The zero-order valence-electron chi connectivity index (χ0n) is 9.20. The van der Waals surface area contributed by atoms with Crippen LogP contribution in [0.15, 0.2) is 11.0 Å². The minimum absolute atomic E-state index is 0.00772. The summed E-state index contributed by atoms with van der Waals surface area (Å²) >= 11 is 13.0. The maximum Gasteiger partial charge on any atom is 0.287 e. The number of rotatable bonds is 2. The van der Waals surface area contributed by atoms with E-state index in [1.165, 1.54) is 10.9 Å². The van der Waals surface area contributed by atoms with Gasteiger partial charge in [-0.1, -0.05) is 23.2 Å². The van der Waals surface area contributed by atoms with E-state index < -0.39 is 5.56 Å². The molecule has 2 rings (SSSR count). The molecule has 90 valence electrons. The molecule has 0 aliphatic heterocycles. The van der Waals surface area contributed by atoms with Crippen LogP contribution >= 0.6 is 34.5 Å². The topological polar surface area (TPSA) is 47.8 Å². The fraction of sp³-hybridized carbons (Fsp3) is 0.300. The van der Waals surface area contributed by atoms with Crippen LogP contribution in [0.25, 0.3) is 0 Å². The van der Waals surface area contributed by atoms with Crippen molar-refractivity contribution < 1.29 is 0 Å². The summed E-state index contributed by atoms with van der Waals surface area (Å²) in [6.45, 7) is 4.23. The average molecular weight is 290 g/mol. The van der Waals surface area contributed by atoms with Gasteiger partial charge in [-0.25, -0.2) is 9.67 Å². The SMILES string of the molecule is Cc1nc(Cn2ncc(Cl)c(Cl)c2=O)sc1C. The highest BCUT2D eigenvalue weighted by atomic mass is 35.5. The molecule has 0 atom stereocenters. The van der Waals surface area contributed by atoms with Gasteiger partial charge in [0.2, 0.25) is 0 Å². The molecule has 0 saturated carbocycles. The van der Waals surface area contributed by atoms with Crippen molar-refractivity contribution in [2.75, 3.05) is 0 Å². The van der Waals surface area contributed by atoms with E-state index in [1.54, 1.807) is 11.3 Å². The van der Waals surface area contributed by atoms with Crippen molar-refractivity contribution in [3.8, 4) is 0 Å². The van der Waals surface area contributed by atoms with Crippen LogP contribution in [0, 0.1) is 13.8 Å². The standard InChI is InChI=1S/C10H9Cl2N3OS/c1-5-6(2)17-8(14-5)4-15-10(16)9(12)7(11)3-13-15/h3H,4H2,1-2H3. The van der Waals surface area contributed by atoms with Crippen LogP contribution in [-0.4, -0.2) is 14.8 Å². The predicted octanol–water partition coefficient (Wildman–Crippen LogP) is 2.67. The number of halogens is 2. The lowest BCUT2D eigenvalue weighted by Crippen LogP contribution is -2.23. The Balaban J connectivity index is 2.37. The Morgan fingerprint density at radius 3 is 2.71 bits per heavy atom. The summed E-state index contributed by atoms with van der Waals surface area (Å²) in [5, 5.41) is 4.91. The number of thiazole rings is 1. The molecule has 0 saturated heterocycles. The van der Waals surface area contributed by atoms with Crippen LogP contribution in [0.2, 0.25) is 10.0 Å². The smallest absolute Gasteiger partial charge is 0.266 e. The molecule has 0 N–H and O–H groups in total. The molecule has 0 unspecified atom stereocenters. The van der Waals surface area contributed by atoms with Crippen molar-refractivity contribution >= 4 is 34.5 Å². The largest absolute Gasteiger partial charge is 0.287 e. The molecule has 7 heteroatoms. The molecule has 0 fully saturated rings. The maximum absolute atomic E-state index is 11.7. The highest BCUT2D eigenvalue weighted by molar-refractivity contribution is 7.11. The number of hydrogen-bond donors (Lipinski definition) is 0. The van der Waals surface area contributed by atoms with Gasteiger partial charge in [0.25, 0.3) is 5.56 Å². The van der Waals surface area contributed by atoms with Crippen LogP contribution in [0.5, 0.6) is 0 Å². The number of aromatic nitrogens is 3. The fourth-order valence-electron chi connectivity index (χ4n) is 1.29. The molecule has 4 nitrogen and oxygen atoms in total. The normalized spacial score (nSPS) is 10.8. The number of nitrogens with zero attached hydrogens (tertiary/aromatic N) is 3. The van der Waals surface area contributed by atoms with Crippen LogP contribution in [0.4, 0.5) is 0 Å². The van der Waals surface area contributed by atoms with Crippen molar-refractivity contribution in [2.45, 2.75) is 20.4 Å². The third-order valence-corrected chi connectivity index (χ3v) is 4.11. The lowest BCUT2D eigenvalue weighted by atomic mass is 10.4. The van der Waals surface area contributed by atoms with Crippen molar-refractivity contribution in [1.82, 2.24) is 14.8 Å². The summed E-state index contributed by atoms with van der Waals surface area (Å²) < 4.78 is 1.26. The number of hydrogen-bond acceptors (Lipinski definition) is 4. The molecule has 2 aromatic rings.